The fourth-order valence-corrected chi connectivity index (χ4v) is 5.17. The third-order valence-corrected chi connectivity index (χ3v) is 6.90. The molecule has 0 spiro atoms. The molecule has 2 aromatic carbocycles. The van der Waals surface area contributed by atoms with E-state index in [-0.39, 0.29) is 10.5 Å². The maximum Gasteiger partial charge on any atom is 0.338 e. The molecule has 4 rings (SSSR count). The van der Waals surface area contributed by atoms with Gasteiger partial charge in [0.1, 0.15) is 10.7 Å². The van der Waals surface area contributed by atoms with Gasteiger partial charge < -0.3 is 15.0 Å². The van der Waals surface area contributed by atoms with Crippen LogP contribution in [0.1, 0.15) is 43.0 Å². The minimum Gasteiger partial charge on any atom is -0.449 e. The van der Waals surface area contributed by atoms with E-state index in [1.165, 1.54) is 19.1 Å². The van der Waals surface area contributed by atoms with E-state index in [0.717, 1.165) is 19.3 Å². The average Bonchev–Trinajstić information content (AvgIpc) is 2.98. The van der Waals surface area contributed by atoms with E-state index in [2.05, 4.69) is 9.71 Å². The Labute approximate surface area is 191 Å². The smallest absolute Gasteiger partial charge is 0.338 e. The van der Waals surface area contributed by atoms with Crippen LogP contribution in [-0.2, 0) is 19.6 Å². The van der Waals surface area contributed by atoms with Crippen molar-refractivity contribution in [2.75, 3.05) is 16.8 Å². The number of esters is 1. The molecular weight excluding hydrogens is 454 g/mol. The number of amidine groups is 1. The molecular formula is C22H22ClN3O5S. The number of sulfonamides is 1. The highest BCUT2D eigenvalue weighted by atomic mass is 35.5. The number of fused-ring (bicyclic) bond motifs is 3. The normalized spacial score (nSPS) is 17.8. The first-order valence-corrected chi connectivity index (χ1v) is 12.1. The van der Waals surface area contributed by atoms with Crippen molar-refractivity contribution in [1.29, 1.82) is 0 Å². The van der Waals surface area contributed by atoms with Crippen LogP contribution in [0.2, 0.25) is 5.02 Å². The van der Waals surface area contributed by atoms with E-state index < -0.39 is 28.0 Å². The standard InChI is InChI=1S/C22H22ClN3O5S/c1-14(21(27)24-17-7-5-6-16(23)13-17)31-22(28)15-9-10-18-19(12-15)32(29,30)25-20-8-3-2-4-11-26(18)20/h5-7,9-10,12-14H,2-4,8,11H2,1H3,(H,24,27)/t14-/m1/s1. The van der Waals surface area contributed by atoms with Crippen LogP contribution in [0.25, 0.3) is 0 Å². The van der Waals surface area contributed by atoms with Crippen molar-refractivity contribution in [3.63, 3.8) is 0 Å². The molecule has 2 aromatic rings. The van der Waals surface area contributed by atoms with Gasteiger partial charge in [0.15, 0.2) is 6.10 Å². The average molecular weight is 476 g/mol. The summed E-state index contributed by atoms with van der Waals surface area (Å²) in [4.78, 5) is 26.9. The number of carbonyl (C=O) groups is 2. The highest BCUT2D eigenvalue weighted by molar-refractivity contribution is 7.90. The molecule has 0 unspecified atom stereocenters. The Bertz CT molecular complexity index is 1210. The molecule has 0 saturated carbocycles. The Morgan fingerprint density at radius 1 is 1.16 bits per heavy atom. The Morgan fingerprint density at radius 2 is 1.97 bits per heavy atom. The number of amides is 1. The highest BCUT2D eigenvalue weighted by Gasteiger charge is 2.32. The topological polar surface area (TPSA) is 105 Å². The van der Waals surface area contributed by atoms with Gasteiger partial charge in [0.25, 0.3) is 15.9 Å². The van der Waals surface area contributed by atoms with Crippen LogP contribution >= 0.6 is 11.6 Å². The first kappa shape index (κ1) is 22.3. The van der Waals surface area contributed by atoms with Crippen molar-refractivity contribution in [1.82, 2.24) is 0 Å². The third kappa shape index (κ3) is 4.63. The second kappa shape index (κ2) is 8.91. The Hall–Kier alpha value is -2.91. The van der Waals surface area contributed by atoms with Crippen molar-refractivity contribution in [3.8, 4) is 0 Å². The monoisotopic (exact) mass is 475 g/mol. The van der Waals surface area contributed by atoms with E-state index >= 15 is 0 Å². The van der Waals surface area contributed by atoms with Crippen molar-refractivity contribution in [2.24, 2.45) is 4.40 Å². The number of rotatable bonds is 4. The van der Waals surface area contributed by atoms with Crippen LogP contribution in [-0.4, -0.2) is 38.8 Å². The van der Waals surface area contributed by atoms with Crippen molar-refractivity contribution < 1.29 is 22.7 Å². The lowest BCUT2D eigenvalue weighted by atomic mass is 10.1. The number of nitrogens with one attached hydrogen (secondary N) is 1. The van der Waals surface area contributed by atoms with Crippen LogP contribution < -0.4 is 10.2 Å². The summed E-state index contributed by atoms with van der Waals surface area (Å²) < 4.78 is 34.7. The lowest BCUT2D eigenvalue weighted by molar-refractivity contribution is -0.123. The molecule has 2 aliphatic rings. The predicted octanol–water partition coefficient (Wildman–Crippen LogP) is 4.01. The van der Waals surface area contributed by atoms with E-state index in [0.29, 0.717) is 35.2 Å². The largest absolute Gasteiger partial charge is 0.449 e. The zero-order valence-corrected chi connectivity index (χ0v) is 18.9. The molecule has 1 fully saturated rings. The molecule has 0 radical (unpaired) electrons. The quantitative estimate of drug-likeness (QED) is 0.670. The van der Waals surface area contributed by atoms with Gasteiger partial charge in [-0.15, -0.1) is 4.40 Å². The molecule has 2 aliphatic heterocycles. The summed E-state index contributed by atoms with van der Waals surface area (Å²) >= 11 is 5.91. The molecule has 1 amide bonds. The van der Waals surface area contributed by atoms with Gasteiger partial charge in [-0.2, -0.15) is 8.42 Å². The second-order valence-electron chi connectivity index (χ2n) is 7.67. The van der Waals surface area contributed by atoms with Gasteiger partial charge in [0, 0.05) is 23.7 Å². The van der Waals surface area contributed by atoms with Crippen molar-refractivity contribution >= 4 is 50.7 Å². The van der Waals surface area contributed by atoms with Gasteiger partial charge in [-0.05, 0) is 56.2 Å². The Balaban J connectivity index is 1.52. The second-order valence-corrected chi connectivity index (χ2v) is 9.68. The zero-order chi connectivity index (χ0) is 22.9. The third-order valence-electron chi connectivity index (χ3n) is 5.33. The minimum atomic E-state index is -3.93. The summed E-state index contributed by atoms with van der Waals surface area (Å²) in [5.41, 5.74) is 1.01. The molecule has 8 nitrogen and oxygen atoms in total. The molecule has 0 aromatic heterocycles. The van der Waals surface area contributed by atoms with Crippen molar-refractivity contribution in [2.45, 2.75) is 43.6 Å². The number of hydrogen-bond donors (Lipinski definition) is 1. The van der Waals surface area contributed by atoms with Gasteiger partial charge in [0.05, 0.1) is 11.3 Å². The van der Waals surface area contributed by atoms with E-state index in [1.54, 1.807) is 30.3 Å². The van der Waals surface area contributed by atoms with Crippen LogP contribution in [0.15, 0.2) is 51.8 Å². The summed E-state index contributed by atoms with van der Waals surface area (Å²) in [5.74, 6) is -0.802. The molecule has 1 N–H and O–H groups in total. The number of benzene rings is 2. The van der Waals surface area contributed by atoms with Crippen LogP contribution in [0.5, 0.6) is 0 Å². The van der Waals surface area contributed by atoms with Gasteiger partial charge in [-0.25, -0.2) is 4.79 Å². The first-order valence-electron chi connectivity index (χ1n) is 10.3. The predicted molar refractivity (Wildman–Crippen MR) is 122 cm³/mol. The number of anilines is 2. The molecule has 2 heterocycles. The van der Waals surface area contributed by atoms with Crippen LogP contribution in [0.3, 0.4) is 0 Å². The number of nitrogens with zero attached hydrogens (tertiary/aromatic N) is 2. The van der Waals surface area contributed by atoms with Gasteiger partial charge >= 0.3 is 5.97 Å². The summed E-state index contributed by atoms with van der Waals surface area (Å²) in [6.07, 6.45) is 2.32. The van der Waals surface area contributed by atoms with E-state index in [9.17, 15) is 18.0 Å². The minimum absolute atomic E-state index is 0.0307. The number of ether oxygens (including phenoxy) is 1. The fraction of sp³-hybridized carbons (Fsp3) is 0.318. The van der Waals surface area contributed by atoms with Gasteiger partial charge in [-0.1, -0.05) is 24.1 Å². The molecule has 10 heteroatoms. The highest BCUT2D eigenvalue weighted by Crippen LogP contribution is 2.35. The van der Waals surface area contributed by atoms with E-state index in [4.69, 9.17) is 16.3 Å². The van der Waals surface area contributed by atoms with Gasteiger partial charge in [0.2, 0.25) is 0 Å². The number of carbonyl (C=O) groups excluding carboxylic acids is 2. The summed E-state index contributed by atoms with van der Waals surface area (Å²) in [5, 5.41) is 3.07. The van der Waals surface area contributed by atoms with Crippen LogP contribution in [0.4, 0.5) is 11.4 Å². The molecule has 0 bridgehead atoms. The molecule has 1 atom stereocenters. The molecule has 0 aliphatic carbocycles. The van der Waals surface area contributed by atoms with Gasteiger partial charge in [-0.3, -0.25) is 4.79 Å². The summed E-state index contributed by atoms with van der Waals surface area (Å²) in [6, 6.07) is 10.9. The first-order chi connectivity index (χ1) is 15.2. The summed E-state index contributed by atoms with van der Waals surface area (Å²) in [6.45, 7) is 2.10. The van der Waals surface area contributed by atoms with Crippen LogP contribution in [0, 0.1) is 0 Å². The maximum absolute atomic E-state index is 12.7. The number of hydrogen-bond acceptors (Lipinski definition) is 6. The molecule has 168 valence electrons. The lowest BCUT2D eigenvalue weighted by Crippen LogP contribution is -2.35. The zero-order valence-electron chi connectivity index (χ0n) is 17.4. The van der Waals surface area contributed by atoms with Crippen molar-refractivity contribution in [3.05, 3.63) is 53.1 Å². The fourth-order valence-electron chi connectivity index (χ4n) is 3.70. The van der Waals surface area contributed by atoms with E-state index in [1.807, 2.05) is 4.90 Å². The summed E-state index contributed by atoms with van der Waals surface area (Å²) in [7, 11) is -3.93. The maximum atomic E-state index is 12.7. The number of halogens is 1. The molecule has 32 heavy (non-hydrogen) atoms. The lowest BCUT2D eigenvalue weighted by Gasteiger charge is -2.29. The Morgan fingerprint density at radius 3 is 2.75 bits per heavy atom. The molecule has 1 saturated heterocycles. The SMILES string of the molecule is C[C@@H](OC(=O)c1ccc2c(c1)S(=O)(=O)N=C1CCCCCN12)C(=O)Nc1cccc(Cl)c1. The Kier molecular flexibility index (Phi) is 6.21.